The number of benzene rings is 2. The summed E-state index contributed by atoms with van der Waals surface area (Å²) in [5.74, 6) is 1.54. The first-order valence-electron chi connectivity index (χ1n) is 9.73. The van der Waals surface area contributed by atoms with Crippen LogP contribution in [-0.4, -0.2) is 30.6 Å². The molecular weight excluding hydrogens is 388 g/mol. The minimum Gasteiger partial charge on any atom is -0.490 e. The van der Waals surface area contributed by atoms with Crippen molar-refractivity contribution in [1.82, 2.24) is 8.96 Å². The quantitative estimate of drug-likeness (QED) is 0.476. The summed E-state index contributed by atoms with van der Waals surface area (Å²) in [4.78, 5) is 4.50. The van der Waals surface area contributed by atoms with Gasteiger partial charge < -0.3 is 9.47 Å². The van der Waals surface area contributed by atoms with Gasteiger partial charge in [-0.15, -0.1) is 0 Å². The maximum Gasteiger partial charge on any atom is 0.269 e. The Bertz CT molecular complexity index is 1060. The van der Waals surface area contributed by atoms with E-state index in [1.807, 2.05) is 13.8 Å². The fourth-order valence-corrected chi connectivity index (χ4v) is 4.17. The summed E-state index contributed by atoms with van der Waals surface area (Å²) >= 11 is 0. The van der Waals surface area contributed by atoms with Gasteiger partial charge >= 0.3 is 0 Å². The Morgan fingerprint density at radius 1 is 1.00 bits per heavy atom. The van der Waals surface area contributed by atoms with E-state index in [4.69, 9.17) is 9.47 Å². The van der Waals surface area contributed by atoms with Crippen molar-refractivity contribution < 1.29 is 17.9 Å². The Kier molecular flexibility index (Phi) is 6.59. The van der Waals surface area contributed by atoms with Crippen LogP contribution in [0.1, 0.15) is 32.3 Å². The molecule has 0 N–H and O–H groups in total. The Morgan fingerprint density at radius 3 is 2.45 bits per heavy atom. The molecule has 0 spiro atoms. The maximum atomic E-state index is 13.1. The summed E-state index contributed by atoms with van der Waals surface area (Å²) < 4.78 is 39.0. The number of aromatic nitrogens is 2. The van der Waals surface area contributed by atoms with E-state index in [-0.39, 0.29) is 4.90 Å². The van der Waals surface area contributed by atoms with Crippen LogP contribution in [0.15, 0.2) is 59.8 Å². The van der Waals surface area contributed by atoms with Crippen LogP contribution in [0.5, 0.6) is 11.5 Å². The lowest BCUT2D eigenvalue weighted by molar-refractivity contribution is 0.273. The number of imidazole rings is 1. The minimum absolute atomic E-state index is 0.215. The molecule has 0 radical (unpaired) electrons. The molecule has 0 saturated carbocycles. The molecule has 0 unspecified atom stereocenters. The average Bonchev–Trinajstić information content (AvgIpc) is 3.20. The third-order valence-electron chi connectivity index (χ3n) is 4.44. The fourth-order valence-electron chi connectivity index (χ4n) is 2.87. The number of hydrogen-bond donors (Lipinski definition) is 0. The van der Waals surface area contributed by atoms with E-state index in [2.05, 4.69) is 11.9 Å². The van der Waals surface area contributed by atoms with Crippen LogP contribution >= 0.6 is 0 Å². The van der Waals surface area contributed by atoms with Crippen LogP contribution in [0.3, 0.4) is 0 Å². The van der Waals surface area contributed by atoms with Crippen molar-refractivity contribution >= 4 is 10.0 Å². The minimum atomic E-state index is -3.76. The standard InChI is InChI=1S/C22H26N2O4S/c1-4-6-15-28-20-12-9-18(16-21(20)27-5-2)22-23-13-14-24(22)29(25,26)19-10-7-17(3)8-11-19/h7-14,16H,4-6,15H2,1-3H3. The highest BCUT2D eigenvalue weighted by Gasteiger charge is 2.22. The second kappa shape index (κ2) is 9.13. The molecule has 0 fully saturated rings. The molecule has 7 heteroatoms. The summed E-state index contributed by atoms with van der Waals surface area (Å²) in [7, 11) is -3.76. The summed E-state index contributed by atoms with van der Waals surface area (Å²) in [6, 6.07) is 12.1. The fraction of sp³-hybridized carbons (Fsp3) is 0.318. The first kappa shape index (κ1) is 20.9. The average molecular weight is 415 g/mol. The van der Waals surface area contributed by atoms with Gasteiger partial charge in [0.25, 0.3) is 10.0 Å². The van der Waals surface area contributed by atoms with E-state index in [1.165, 1.54) is 16.4 Å². The van der Waals surface area contributed by atoms with E-state index < -0.39 is 10.0 Å². The van der Waals surface area contributed by atoms with E-state index in [1.54, 1.807) is 42.5 Å². The van der Waals surface area contributed by atoms with E-state index in [0.717, 1.165) is 18.4 Å². The molecule has 1 aromatic heterocycles. The molecular formula is C22H26N2O4S. The van der Waals surface area contributed by atoms with Crippen LogP contribution in [0.25, 0.3) is 11.4 Å². The number of nitrogens with zero attached hydrogens (tertiary/aromatic N) is 2. The second-order valence-corrected chi connectivity index (χ2v) is 8.48. The predicted octanol–water partition coefficient (Wildman–Crippen LogP) is 4.67. The second-order valence-electron chi connectivity index (χ2n) is 6.66. The van der Waals surface area contributed by atoms with E-state index in [0.29, 0.717) is 36.1 Å². The highest BCUT2D eigenvalue weighted by molar-refractivity contribution is 7.90. The third kappa shape index (κ3) is 4.62. The smallest absolute Gasteiger partial charge is 0.269 e. The van der Waals surface area contributed by atoms with Crippen LogP contribution in [0.2, 0.25) is 0 Å². The van der Waals surface area contributed by atoms with Gasteiger partial charge in [-0.3, -0.25) is 0 Å². The van der Waals surface area contributed by atoms with Crippen molar-refractivity contribution in [2.75, 3.05) is 13.2 Å². The molecule has 0 aliphatic carbocycles. The van der Waals surface area contributed by atoms with Gasteiger partial charge in [-0.2, -0.15) is 0 Å². The van der Waals surface area contributed by atoms with Crippen molar-refractivity contribution in [2.24, 2.45) is 0 Å². The van der Waals surface area contributed by atoms with Crippen molar-refractivity contribution in [3.8, 4) is 22.9 Å². The van der Waals surface area contributed by atoms with Gasteiger partial charge in [-0.1, -0.05) is 31.0 Å². The monoisotopic (exact) mass is 414 g/mol. The zero-order chi connectivity index (χ0) is 20.9. The van der Waals surface area contributed by atoms with Crippen molar-refractivity contribution in [3.05, 3.63) is 60.4 Å². The molecule has 1 heterocycles. The van der Waals surface area contributed by atoms with Gasteiger partial charge in [0, 0.05) is 18.0 Å². The zero-order valence-electron chi connectivity index (χ0n) is 17.0. The predicted molar refractivity (Wildman–Crippen MR) is 113 cm³/mol. The van der Waals surface area contributed by atoms with Crippen molar-refractivity contribution in [2.45, 2.75) is 38.5 Å². The Morgan fingerprint density at radius 2 is 1.76 bits per heavy atom. The molecule has 2 aromatic carbocycles. The normalized spacial score (nSPS) is 11.4. The molecule has 29 heavy (non-hydrogen) atoms. The molecule has 0 amide bonds. The Labute approximate surface area is 172 Å². The van der Waals surface area contributed by atoms with Crippen LogP contribution in [-0.2, 0) is 10.0 Å². The van der Waals surface area contributed by atoms with Gasteiger partial charge in [-0.05, 0) is 50.6 Å². The van der Waals surface area contributed by atoms with Gasteiger partial charge in [0.1, 0.15) is 0 Å². The first-order valence-corrected chi connectivity index (χ1v) is 11.2. The molecule has 0 atom stereocenters. The number of hydrogen-bond acceptors (Lipinski definition) is 5. The first-order chi connectivity index (χ1) is 14.0. The Hall–Kier alpha value is -2.80. The lowest BCUT2D eigenvalue weighted by Crippen LogP contribution is -2.13. The van der Waals surface area contributed by atoms with E-state index in [9.17, 15) is 8.42 Å². The van der Waals surface area contributed by atoms with E-state index >= 15 is 0 Å². The number of unbranched alkanes of at least 4 members (excludes halogenated alkanes) is 1. The SMILES string of the molecule is CCCCOc1ccc(-c2nccn2S(=O)(=O)c2ccc(C)cc2)cc1OCC. The summed E-state index contributed by atoms with van der Waals surface area (Å²) in [6.07, 6.45) is 4.92. The number of ether oxygens (including phenoxy) is 2. The Balaban J connectivity index is 1.99. The lowest BCUT2D eigenvalue weighted by atomic mass is 10.2. The summed E-state index contributed by atoms with van der Waals surface area (Å²) in [5.41, 5.74) is 1.63. The summed E-state index contributed by atoms with van der Waals surface area (Å²) in [6.45, 7) is 6.99. The summed E-state index contributed by atoms with van der Waals surface area (Å²) in [5, 5.41) is 0. The molecule has 3 rings (SSSR count). The van der Waals surface area contributed by atoms with Gasteiger partial charge in [-0.25, -0.2) is 17.4 Å². The van der Waals surface area contributed by atoms with Crippen LogP contribution in [0, 0.1) is 6.92 Å². The molecule has 3 aromatic rings. The molecule has 0 bridgehead atoms. The molecule has 0 saturated heterocycles. The largest absolute Gasteiger partial charge is 0.490 e. The molecule has 0 aliphatic rings. The highest BCUT2D eigenvalue weighted by atomic mass is 32.2. The lowest BCUT2D eigenvalue weighted by Gasteiger charge is -2.14. The van der Waals surface area contributed by atoms with Crippen molar-refractivity contribution in [1.29, 1.82) is 0 Å². The molecule has 0 aliphatic heterocycles. The van der Waals surface area contributed by atoms with Crippen LogP contribution in [0.4, 0.5) is 0 Å². The van der Waals surface area contributed by atoms with Crippen LogP contribution < -0.4 is 9.47 Å². The zero-order valence-corrected chi connectivity index (χ0v) is 17.8. The number of rotatable bonds is 9. The number of aryl methyl sites for hydroxylation is 1. The third-order valence-corrected chi connectivity index (χ3v) is 6.12. The highest BCUT2D eigenvalue weighted by Crippen LogP contribution is 2.33. The topological polar surface area (TPSA) is 70.4 Å². The maximum absolute atomic E-state index is 13.1. The van der Waals surface area contributed by atoms with Gasteiger partial charge in [0.2, 0.25) is 0 Å². The van der Waals surface area contributed by atoms with Crippen molar-refractivity contribution in [3.63, 3.8) is 0 Å². The van der Waals surface area contributed by atoms with Gasteiger partial charge in [0.05, 0.1) is 18.1 Å². The van der Waals surface area contributed by atoms with Gasteiger partial charge in [0.15, 0.2) is 17.3 Å². The molecule has 6 nitrogen and oxygen atoms in total. The molecule has 154 valence electrons.